The van der Waals surface area contributed by atoms with E-state index in [9.17, 15) is 0 Å². The summed E-state index contributed by atoms with van der Waals surface area (Å²) in [6.07, 6.45) is 7.15. The first-order valence-electron chi connectivity index (χ1n) is 7.92. The Morgan fingerprint density at radius 1 is 1.00 bits per heavy atom. The molecule has 2 N–H and O–H groups in total. The predicted octanol–water partition coefficient (Wildman–Crippen LogP) is 4.19. The predicted molar refractivity (Wildman–Crippen MR) is 89.3 cm³/mol. The van der Waals surface area contributed by atoms with Crippen molar-refractivity contribution in [2.24, 2.45) is 10.7 Å². The van der Waals surface area contributed by atoms with E-state index in [1.54, 1.807) is 0 Å². The Labute approximate surface area is 123 Å². The van der Waals surface area contributed by atoms with Crippen molar-refractivity contribution in [3.05, 3.63) is 30.3 Å². The minimum Gasteiger partial charge on any atom is -0.370 e. The highest BCUT2D eigenvalue weighted by atomic mass is 15.3. The van der Waals surface area contributed by atoms with Crippen molar-refractivity contribution < 1.29 is 0 Å². The molecule has 1 aromatic rings. The summed E-state index contributed by atoms with van der Waals surface area (Å²) in [5.74, 6) is 0.656. The van der Waals surface area contributed by atoms with E-state index in [0.717, 1.165) is 31.6 Å². The largest absolute Gasteiger partial charge is 0.370 e. The molecule has 0 aromatic heterocycles. The number of unbranched alkanes of at least 4 members (excludes halogenated alkanes) is 4. The maximum absolute atomic E-state index is 6.19. The molecule has 1 aromatic carbocycles. The lowest BCUT2D eigenvalue weighted by Gasteiger charge is -2.23. The smallest absolute Gasteiger partial charge is 0.195 e. The standard InChI is InChI=1S/C17H29N3/c1-3-5-10-14-19-17(18)20(15-11-6-4-2)16-12-8-7-9-13-16/h7-9,12-13H,3-6,10-11,14-15H2,1-2H3,(H2,18,19). The van der Waals surface area contributed by atoms with E-state index in [1.165, 1.54) is 25.7 Å². The van der Waals surface area contributed by atoms with Crippen LogP contribution in [0.5, 0.6) is 0 Å². The molecule has 0 amide bonds. The van der Waals surface area contributed by atoms with E-state index in [4.69, 9.17) is 5.73 Å². The van der Waals surface area contributed by atoms with Gasteiger partial charge in [-0.3, -0.25) is 4.99 Å². The lowest BCUT2D eigenvalue weighted by atomic mass is 10.2. The Morgan fingerprint density at radius 3 is 2.30 bits per heavy atom. The van der Waals surface area contributed by atoms with Crippen LogP contribution in [0.3, 0.4) is 0 Å². The van der Waals surface area contributed by atoms with Gasteiger partial charge < -0.3 is 10.6 Å². The van der Waals surface area contributed by atoms with Crippen LogP contribution in [0.2, 0.25) is 0 Å². The number of guanidine groups is 1. The van der Waals surface area contributed by atoms with E-state index >= 15 is 0 Å². The Morgan fingerprint density at radius 2 is 1.65 bits per heavy atom. The molecule has 112 valence electrons. The summed E-state index contributed by atoms with van der Waals surface area (Å²) in [6.45, 7) is 6.20. The average Bonchev–Trinajstić information content (AvgIpc) is 2.49. The fourth-order valence-corrected chi connectivity index (χ4v) is 2.14. The van der Waals surface area contributed by atoms with Gasteiger partial charge in [-0.05, 0) is 25.0 Å². The first-order valence-corrected chi connectivity index (χ1v) is 7.92. The van der Waals surface area contributed by atoms with Crippen LogP contribution < -0.4 is 10.6 Å². The minimum absolute atomic E-state index is 0.656. The molecular formula is C17H29N3. The molecule has 0 heterocycles. The molecule has 0 fully saturated rings. The van der Waals surface area contributed by atoms with Crippen LogP contribution in [0.25, 0.3) is 0 Å². The number of aliphatic imine (C=N–C) groups is 1. The van der Waals surface area contributed by atoms with Gasteiger partial charge in [-0.2, -0.15) is 0 Å². The van der Waals surface area contributed by atoms with Crippen molar-refractivity contribution in [3.8, 4) is 0 Å². The molecule has 0 saturated carbocycles. The van der Waals surface area contributed by atoms with Crippen LogP contribution in [-0.2, 0) is 0 Å². The van der Waals surface area contributed by atoms with Gasteiger partial charge in [0.15, 0.2) is 5.96 Å². The summed E-state index contributed by atoms with van der Waals surface area (Å²) >= 11 is 0. The number of benzene rings is 1. The number of hydrogen-bond acceptors (Lipinski definition) is 1. The third-order valence-corrected chi connectivity index (χ3v) is 3.37. The van der Waals surface area contributed by atoms with Crippen LogP contribution in [-0.4, -0.2) is 19.0 Å². The maximum Gasteiger partial charge on any atom is 0.195 e. The van der Waals surface area contributed by atoms with Crippen molar-refractivity contribution in [3.63, 3.8) is 0 Å². The van der Waals surface area contributed by atoms with Gasteiger partial charge in [0.05, 0.1) is 0 Å². The van der Waals surface area contributed by atoms with Crippen molar-refractivity contribution in [1.82, 2.24) is 0 Å². The third kappa shape index (κ3) is 6.09. The van der Waals surface area contributed by atoms with Crippen LogP contribution in [0.15, 0.2) is 35.3 Å². The highest BCUT2D eigenvalue weighted by Crippen LogP contribution is 2.14. The maximum atomic E-state index is 6.19. The lowest BCUT2D eigenvalue weighted by Crippen LogP contribution is -2.38. The molecule has 20 heavy (non-hydrogen) atoms. The second-order valence-corrected chi connectivity index (χ2v) is 5.14. The summed E-state index contributed by atoms with van der Waals surface area (Å²) in [7, 11) is 0. The molecule has 0 unspecified atom stereocenters. The molecule has 0 radical (unpaired) electrons. The van der Waals surface area contributed by atoms with Gasteiger partial charge in [0.2, 0.25) is 0 Å². The highest BCUT2D eigenvalue weighted by molar-refractivity contribution is 5.94. The number of anilines is 1. The zero-order valence-corrected chi connectivity index (χ0v) is 13.0. The number of nitrogens with zero attached hydrogens (tertiary/aromatic N) is 2. The van der Waals surface area contributed by atoms with Gasteiger partial charge in [0.1, 0.15) is 0 Å². The van der Waals surface area contributed by atoms with E-state index < -0.39 is 0 Å². The van der Waals surface area contributed by atoms with Crippen molar-refractivity contribution >= 4 is 11.6 Å². The van der Waals surface area contributed by atoms with Gasteiger partial charge in [0, 0.05) is 18.8 Å². The van der Waals surface area contributed by atoms with Gasteiger partial charge >= 0.3 is 0 Å². The van der Waals surface area contributed by atoms with Crippen LogP contribution in [0.1, 0.15) is 52.4 Å². The van der Waals surface area contributed by atoms with E-state index in [-0.39, 0.29) is 0 Å². The molecule has 0 atom stereocenters. The monoisotopic (exact) mass is 275 g/mol. The normalized spacial score (nSPS) is 11.6. The second-order valence-electron chi connectivity index (χ2n) is 5.14. The van der Waals surface area contributed by atoms with Gasteiger partial charge in [-0.15, -0.1) is 0 Å². The fourth-order valence-electron chi connectivity index (χ4n) is 2.14. The fraction of sp³-hybridized carbons (Fsp3) is 0.588. The number of nitrogens with two attached hydrogens (primary N) is 1. The SMILES string of the molecule is CCCCCN=C(N)N(CCCCC)c1ccccc1. The molecule has 3 heteroatoms. The molecule has 0 saturated heterocycles. The van der Waals surface area contributed by atoms with Gasteiger partial charge in [-0.25, -0.2) is 0 Å². The summed E-state index contributed by atoms with van der Waals surface area (Å²) in [5.41, 5.74) is 7.33. The van der Waals surface area contributed by atoms with Crippen LogP contribution in [0, 0.1) is 0 Å². The Hall–Kier alpha value is -1.51. The first-order chi connectivity index (χ1) is 9.79. The Balaban J connectivity index is 2.66. The van der Waals surface area contributed by atoms with E-state index in [1.807, 2.05) is 18.2 Å². The molecule has 0 aliphatic carbocycles. The molecule has 3 nitrogen and oxygen atoms in total. The molecular weight excluding hydrogens is 246 g/mol. The number of para-hydroxylation sites is 1. The van der Waals surface area contributed by atoms with Crippen LogP contribution in [0.4, 0.5) is 5.69 Å². The third-order valence-electron chi connectivity index (χ3n) is 3.37. The Bertz CT molecular complexity index is 373. The van der Waals surface area contributed by atoms with Crippen molar-refractivity contribution in [2.45, 2.75) is 52.4 Å². The number of hydrogen-bond donors (Lipinski definition) is 1. The molecule has 0 aliphatic rings. The van der Waals surface area contributed by atoms with Gasteiger partial charge in [-0.1, -0.05) is 57.7 Å². The van der Waals surface area contributed by atoms with E-state index in [0.29, 0.717) is 5.96 Å². The number of rotatable bonds is 9. The van der Waals surface area contributed by atoms with Crippen molar-refractivity contribution in [1.29, 1.82) is 0 Å². The zero-order valence-electron chi connectivity index (χ0n) is 13.0. The zero-order chi connectivity index (χ0) is 14.6. The van der Waals surface area contributed by atoms with Crippen molar-refractivity contribution in [2.75, 3.05) is 18.0 Å². The quantitative estimate of drug-likeness (QED) is 0.417. The topological polar surface area (TPSA) is 41.6 Å². The summed E-state index contributed by atoms with van der Waals surface area (Å²) < 4.78 is 0. The molecule has 0 spiro atoms. The molecule has 1 rings (SSSR count). The first kappa shape index (κ1) is 16.5. The summed E-state index contributed by atoms with van der Waals surface area (Å²) in [5, 5.41) is 0. The molecule has 0 aliphatic heterocycles. The summed E-state index contributed by atoms with van der Waals surface area (Å²) in [6, 6.07) is 10.3. The lowest BCUT2D eigenvalue weighted by molar-refractivity contribution is 0.711. The average molecular weight is 275 g/mol. The summed E-state index contributed by atoms with van der Waals surface area (Å²) in [4.78, 5) is 6.68. The van der Waals surface area contributed by atoms with E-state index in [2.05, 4.69) is 35.9 Å². The highest BCUT2D eigenvalue weighted by Gasteiger charge is 2.09. The second kappa shape index (κ2) is 10.3. The van der Waals surface area contributed by atoms with Gasteiger partial charge in [0.25, 0.3) is 0 Å². The minimum atomic E-state index is 0.656. The molecule has 0 bridgehead atoms. The van der Waals surface area contributed by atoms with Crippen LogP contribution >= 0.6 is 0 Å². The Kier molecular flexibility index (Phi) is 8.52.